The molecule has 0 spiro atoms. The summed E-state index contributed by atoms with van der Waals surface area (Å²) >= 11 is 0. The lowest BCUT2D eigenvalue weighted by molar-refractivity contribution is -0.0164. The summed E-state index contributed by atoms with van der Waals surface area (Å²) in [7, 11) is 0. The van der Waals surface area contributed by atoms with Crippen LogP contribution in [-0.2, 0) is 28.9 Å². The summed E-state index contributed by atoms with van der Waals surface area (Å²) in [4.78, 5) is 19.1. The number of pyridine rings is 1. The van der Waals surface area contributed by atoms with Gasteiger partial charge < -0.3 is 9.47 Å². The highest BCUT2D eigenvalue weighted by atomic mass is 16.5. The van der Waals surface area contributed by atoms with Gasteiger partial charge in [-0.25, -0.2) is 4.79 Å². The molecule has 0 saturated carbocycles. The predicted molar refractivity (Wildman–Crippen MR) is 89.3 cm³/mol. The number of hydrogen-bond donors (Lipinski definition) is 0. The predicted octanol–water partition coefficient (Wildman–Crippen LogP) is 0.915. The van der Waals surface area contributed by atoms with E-state index in [1.807, 2.05) is 16.9 Å². The number of fused-ring (bicyclic) bond motifs is 5. The molecule has 2 aromatic rings. The van der Waals surface area contributed by atoms with Crippen molar-refractivity contribution in [3.8, 4) is 11.3 Å². The molecule has 0 N–H and O–H groups in total. The molecule has 0 aromatic carbocycles. The number of aryl methyl sites for hydroxylation is 1. The lowest BCUT2D eigenvalue weighted by Gasteiger charge is -2.32. The number of aromatic nitrogens is 3. The number of carbonyl (C=O) groups excluding carboxylic acids is 1. The van der Waals surface area contributed by atoms with Gasteiger partial charge in [0.2, 0.25) is 0 Å². The number of carbonyl (C=O) groups is 1. The maximum atomic E-state index is 12.6. The number of ether oxygens (including phenoxy) is 2. The summed E-state index contributed by atoms with van der Waals surface area (Å²) < 4.78 is 13.0. The van der Waals surface area contributed by atoms with Gasteiger partial charge in [-0.05, 0) is 24.5 Å². The summed E-state index contributed by atoms with van der Waals surface area (Å²) in [6, 6.07) is 1.99. The smallest absolute Gasteiger partial charge is 0.357 e. The Balaban J connectivity index is 1.45. The van der Waals surface area contributed by atoms with E-state index in [-0.39, 0.29) is 12.1 Å². The molecule has 2 aromatic heterocycles. The first kappa shape index (κ1) is 15.0. The van der Waals surface area contributed by atoms with Gasteiger partial charge in [0.25, 0.3) is 0 Å². The van der Waals surface area contributed by atoms with E-state index >= 15 is 0 Å². The van der Waals surface area contributed by atoms with Crippen molar-refractivity contribution in [3.05, 3.63) is 35.3 Å². The molecule has 3 aliphatic rings. The van der Waals surface area contributed by atoms with E-state index in [0.29, 0.717) is 12.2 Å². The molecular formula is C18H20N4O3. The van der Waals surface area contributed by atoms with Gasteiger partial charge in [-0.3, -0.25) is 14.6 Å². The van der Waals surface area contributed by atoms with Crippen LogP contribution in [0.4, 0.5) is 0 Å². The summed E-state index contributed by atoms with van der Waals surface area (Å²) in [6.45, 7) is 4.61. The Labute approximate surface area is 145 Å². The van der Waals surface area contributed by atoms with Crippen molar-refractivity contribution in [2.45, 2.75) is 25.5 Å². The van der Waals surface area contributed by atoms with Crippen molar-refractivity contribution < 1.29 is 14.3 Å². The summed E-state index contributed by atoms with van der Waals surface area (Å²) in [5.74, 6) is -0.240. The lowest BCUT2D eigenvalue weighted by atomic mass is 9.90. The van der Waals surface area contributed by atoms with Gasteiger partial charge in [-0.1, -0.05) is 0 Å². The molecule has 1 atom stereocenters. The van der Waals surface area contributed by atoms with Crippen molar-refractivity contribution in [1.29, 1.82) is 0 Å². The van der Waals surface area contributed by atoms with Crippen molar-refractivity contribution in [1.82, 2.24) is 19.7 Å². The molecule has 130 valence electrons. The summed E-state index contributed by atoms with van der Waals surface area (Å²) in [6.07, 6.45) is 5.23. The number of nitrogens with zero attached hydrogens (tertiary/aromatic N) is 4. The Bertz CT molecular complexity index is 826. The SMILES string of the molecule is O=C1OC(CN2CCOCC2)Cn2nc3c(c21)CCc1cnccc1-3. The molecule has 25 heavy (non-hydrogen) atoms. The van der Waals surface area contributed by atoms with Crippen LogP contribution in [0.3, 0.4) is 0 Å². The average Bonchev–Trinajstić information content (AvgIpc) is 3.02. The van der Waals surface area contributed by atoms with Crippen LogP contribution in [0.5, 0.6) is 0 Å². The Morgan fingerprint density at radius 2 is 2.12 bits per heavy atom. The standard InChI is InChI=1S/C18H20N4O3/c23-18-17-15-2-1-12-9-19-4-3-14(12)16(15)20-22(17)11-13(25-18)10-21-5-7-24-8-6-21/h3-4,9,13H,1-2,5-8,10-11H2. The highest BCUT2D eigenvalue weighted by Crippen LogP contribution is 2.35. The first-order valence-corrected chi connectivity index (χ1v) is 8.83. The van der Waals surface area contributed by atoms with Gasteiger partial charge in [0.15, 0.2) is 0 Å². The number of morpholine rings is 1. The molecule has 2 aliphatic heterocycles. The average molecular weight is 340 g/mol. The van der Waals surface area contributed by atoms with E-state index in [1.165, 1.54) is 5.56 Å². The van der Waals surface area contributed by atoms with Crippen LogP contribution < -0.4 is 0 Å². The molecule has 0 amide bonds. The largest absolute Gasteiger partial charge is 0.454 e. The molecule has 5 rings (SSSR count). The third-order valence-corrected chi connectivity index (χ3v) is 5.26. The summed E-state index contributed by atoms with van der Waals surface area (Å²) in [5.41, 5.74) is 4.87. The Kier molecular flexibility index (Phi) is 3.57. The van der Waals surface area contributed by atoms with Gasteiger partial charge in [-0.15, -0.1) is 0 Å². The van der Waals surface area contributed by atoms with Gasteiger partial charge in [0.05, 0.1) is 25.5 Å². The molecule has 1 unspecified atom stereocenters. The molecule has 1 saturated heterocycles. The fourth-order valence-electron chi connectivity index (χ4n) is 4.03. The van der Waals surface area contributed by atoms with Crippen LogP contribution in [0.15, 0.2) is 18.5 Å². The number of hydrogen-bond acceptors (Lipinski definition) is 6. The minimum Gasteiger partial charge on any atom is -0.454 e. The third kappa shape index (κ3) is 2.54. The van der Waals surface area contributed by atoms with Crippen LogP contribution >= 0.6 is 0 Å². The maximum Gasteiger partial charge on any atom is 0.357 e. The Morgan fingerprint density at radius 1 is 1.24 bits per heavy atom. The minimum atomic E-state index is -0.240. The quantitative estimate of drug-likeness (QED) is 0.757. The topological polar surface area (TPSA) is 69.5 Å². The number of esters is 1. The van der Waals surface area contributed by atoms with Crippen LogP contribution in [-0.4, -0.2) is 64.6 Å². The van der Waals surface area contributed by atoms with Crippen molar-refractivity contribution >= 4 is 5.97 Å². The Hall–Kier alpha value is -2.25. The molecule has 0 radical (unpaired) electrons. The molecule has 0 bridgehead atoms. The van der Waals surface area contributed by atoms with E-state index < -0.39 is 0 Å². The zero-order chi connectivity index (χ0) is 16.8. The monoisotopic (exact) mass is 340 g/mol. The van der Waals surface area contributed by atoms with E-state index in [0.717, 1.165) is 62.5 Å². The zero-order valence-corrected chi connectivity index (χ0v) is 14.0. The molecule has 4 heterocycles. The van der Waals surface area contributed by atoms with Gasteiger partial charge in [0.1, 0.15) is 11.8 Å². The van der Waals surface area contributed by atoms with Gasteiger partial charge in [0, 0.05) is 43.2 Å². The number of cyclic esters (lactones) is 1. The minimum absolute atomic E-state index is 0.156. The van der Waals surface area contributed by atoms with Crippen molar-refractivity contribution in [2.24, 2.45) is 0 Å². The fourth-order valence-corrected chi connectivity index (χ4v) is 4.03. The molecule has 1 aliphatic carbocycles. The van der Waals surface area contributed by atoms with E-state index in [4.69, 9.17) is 14.6 Å². The van der Waals surface area contributed by atoms with Crippen molar-refractivity contribution in [3.63, 3.8) is 0 Å². The highest BCUT2D eigenvalue weighted by molar-refractivity contribution is 5.93. The van der Waals surface area contributed by atoms with Crippen LogP contribution in [0, 0.1) is 0 Å². The lowest BCUT2D eigenvalue weighted by Crippen LogP contribution is -2.45. The maximum absolute atomic E-state index is 12.6. The second kappa shape index (κ2) is 5.93. The van der Waals surface area contributed by atoms with E-state index in [1.54, 1.807) is 6.20 Å². The molecule has 1 fully saturated rings. The second-order valence-corrected chi connectivity index (χ2v) is 6.83. The fraction of sp³-hybridized carbons (Fsp3) is 0.500. The molecule has 7 nitrogen and oxygen atoms in total. The first-order chi connectivity index (χ1) is 12.3. The first-order valence-electron chi connectivity index (χ1n) is 8.83. The Morgan fingerprint density at radius 3 is 3.00 bits per heavy atom. The van der Waals surface area contributed by atoms with Crippen LogP contribution in [0.25, 0.3) is 11.3 Å². The van der Waals surface area contributed by atoms with Crippen LogP contribution in [0.2, 0.25) is 0 Å². The van der Waals surface area contributed by atoms with Crippen LogP contribution in [0.1, 0.15) is 21.6 Å². The van der Waals surface area contributed by atoms with Gasteiger partial charge >= 0.3 is 5.97 Å². The molecule has 7 heteroatoms. The normalized spacial score (nSPS) is 22.7. The van der Waals surface area contributed by atoms with E-state index in [2.05, 4.69) is 9.88 Å². The number of rotatable bonds is 2. The zero-order valence-electron chi connectivity index (χ0n) is 14.0. The highest BCUT2D eigenvalue weighted by Gasteiger charge is 2.35. The van der Waals surface area contributed by atoms with Crippen molar-refractivity contribution in [2.75, 3.05) is 32.8 Å². The summed E-state index contributed by atoms with van der Waals surface area (Å²) in [5, 5.41) is 4.77. The molecular weight excluding hydrogens is 320 g/mol. The third-order valence-electron chi connectivity index (χ3n) is 5.26. The second-order valence-electron chi connectivity index (χ2n) is 6.83. The van der Waals surface area contributed by atoms with Gasteiger partial charge in [-0.2, -0.15) is 5.10 Å². The van der Waals surface area contributed by atoms with E-state index in [9.17, 15) is 4.79 Å².